The SMILES string of the molecule is CC(=O)Nc1cccc([C@@H](C)Nc2cnccc2-n2cc(C)cn2)c1. The van der Waals surface area contributed by atoms with E-state index in [1.807, 2.05) is 54.3 Å². The minimum Gasteiger partial charge on any atom is -0.376 e. The molecule has 0 saturated carbocycles. The zero-order valence-corrected chi connectivity index (χ0v) is 14.5. The Morgan fingerprint density at radius 3 is 2.80 bits per heavy atom. The van der Waals surface area contributed by atoms with Gasteiger partial charge < -0.3 is 10.6 Å². The van der Waals surface area contributed by atoms with Crippen molar-refractivity contribution < 1.29 is 4.79 Å². The molecule has 25 heavy (non-hydrogen) atoms. The predicted molar refractivity (Wildman–Crippen MR) is 98.9 cm³/mol. The summed E-state index contributed by atoms with van der Waals surface area (Å²) in [6.07, 6.45) is 7.34. The van der Waals surface area contributed by atoms with Crippen molar-refractivity contribution in [2.75, 3.05) is 10.6 Å². The van der Waals surface area contributed by atoms with E-state index < -0.39 is 0 Å². The summed E-state index contributed by atoms with van der Waals surface area (Å²) < 4.78 is 1.83. The summed E-state index contributed by atoms with van der Waals surface area (Å²) in [6, 6.07) is 9.76. The van der Waals surface area contributed by atoms with Crippen molar-refractivity contribution >= 4 is 17.3 Å². The van der Waals surface area contributed by atoms with Crippen LogP contribution in [0.15, 0.2) is 55.1 Å². The van der Waals surface area contributed by atoms with Crippen LogP contribution in [0.3, 0.4) is 0 Å². The smallest absolute Gasteiger partial charge is 0.221 e. The summed E-state index contributed by atoms with van der Waals surface area (Å²) >= 11 is 0. The van der Waals surface area contributed by atoms with Crippen LogP contribution in [-0.4, -0.2) is 20.7 Å². The number of anilines is 2. The molecule has 0 bridgehead atoms. The molecule has 1 aromatic carbocycles. The molecule has 0 spiro atoms. The van der Waals surface area contributed by atoms with Crippen molar-refractivity contribution in [1.29, 1.82) is 0 Å². The maximum Gasteiger partial charge on any atom is 0.221 e. The van der Waals surface area contributed by atoms with E-state index in [1.54, 1.807) is 12.4 Å². The number of hydrogen-bond acceptors (Lipinski definition) is 4. The molecule has 3 aromatic rings. The van der Waals surface area contributed by atoms with E-state index in [0.717, 1.165) is 28.2 Å². The van der Waals surface area contributed by atoms with Crippen LogP contribution in [0.2, 0.25) is 0 Å². The molecule has 1 amide bonds. The number of nitrogens with zero attached hydrogens (tertiary/aromatic N) is 3. The molecule has 0 aliphatic carbocycles. The van der Waals surface area contributed by atoms with Gasteiger partial charge in [-0.05, 0) is 43.2 Å². The van der Waals surface area contributed by atoms with Gasteiger partial charge in [0.05, 0.1) is 23.8 Å². The molecule has 0 radical (unpaired) electrons. The molecular formula is C19H21N5O. The minimum absolute atomic E-state index is 0.0355. The zero-order chi connectivity index (χ0) is 17.8. The first kappa shape index (κ1) is 16.7. The number of carbonyl (C=O) groups excluding carboxylic acids is 1. The molecule has 0 aliphatic rings. The molecule has 0 saturated heterocycles. The van der Waals surface area contributed by atoms with Gasteiger partial charge in [-0.3, -0.25) is 9.78 Å². The van der Waals surface area contributed by atoms with Crippen molar-refractivity contribution in [2.24, 2.45) is 0 Å². The molecule has 6 heteroatoms. The summed E-state index contributed by atoms with van der Waals surface area (Å²) in [5.74, 6) is -0.0821. The van der Waals surface area contributed by atoms with E-state index in [4.69, 9.17) is 0 Å². The lowest BCUT2D eigenvalue weighted by Crippen LogP contribution is -2.11. The highest BCUT2D eigenvalue weighted by Gasteiger charge is 2.11. The van der Waals surface area contributed by atoms with Gasteiger partial charge in [-0.15, -0.1) is 0 Å². The maximum atomic E-state index is 11.2. The van der Waals surface area contributed by atoms with Gasteiger partial charge in [0.1, 0.15) is 0 Å². The molecule has 6 nitrogen and oxygen atoms in total. The summed E-state index contributed by atoms with van der Waals surface area (Å²) in [6.45, 7) is 5.58. The first-order chi connectivity index (χ1) is 12.0. The number of hydrogen-bond donors (Lipinski definition) is 2. The van der Waals surface area contributed by atoms with Crippen molar-refractivity contribution in [3.05, 3.63) is 66.2 Å². The van der Waals surface area contributed by atoms with Crippen LogP contribution in [-0.2, 0) is 4.79 Å². The number of benzene rings is 1. The Balaban J connectivity index is 1.84. The first-order valence-corrected chi connectivity index (χ1v) is 8.12. The average Bonchev–Trinajstić information content (AvgIpc) is 3.01. The highest BCUT2D eigenvalue weighted by atomic mass is 16.1. The summed E-state index contributed by atoms with van der Waals surface area (Å²) in [4.78, 5) is 15.5. The van der Waals surface area contributed by atoms with Crippen LogP contribution < -0.4 is 10.6 Å². The molecule has 0 unspecified atom stereocenters. The van der Waals surface area contributed by atoms with Gasteiger partial charge in [0.25, 0.3) is 0 Å². The number of rotatable bonds is 5. The first-order valence-electron chi connectivity index (χ1n) is 8.12. The maximum absolute atomic E-state index is 11.2. The molecule has 0 aliphatic heterocycles. The molecule has 1 atom stereocenters. The van der Waals surface area contributed by atoms with Gasteiger partial charge in [-0.1, -0.05) is 12.1 Å². The molecule has 128 valence electrons. The molecular weight excluding hydrogens is 314 g/mol. The Kier molecular flexibility index (Phi) is 4.79. The second kappa shape index (κ2) is 7.17. The van der Waals surface area contributed by atoms with Crippen LogP contribution in [0.1, 0.15) is 31.0 Å². The topological polar surface area (TPSA) is 71.8 Å². The van der Waals surface area contributed by atoms with Gasteiger partial charge in [-0.25, -0.2) is 4.68 Å². The number of nitrogens with one attached hydrogen (secondary N) is 2. The van der Waals surface area contributed by atoms with Gasteiger partial charge in [-0.2, -0.15) is 5.10 Å². The Morgan fingerprint density at radius 1 is 1.24 bits per heavy atom. The van der Waals surface area contributed by atoms with Gasteiger partial charge in [0.15, 0.2) is 0 Å². The molecule has 3 rings (SSSR count). The zero-order valence-electron chi connectivity index (χ0n) is 14.5. The van der Waals surface area contributed by atoms with Gasteiger partial charge >= 0.3 is 0 Å². The fraction of sp³-hybridized carbons (Fsp3) is 0.211. The summed E-state index contributed by atoms with van der Waals surface area (Å²) in [5, 5.41) is 10.7. The third-order valence-electron chi connectivity index (χ3n) is 3.84. The van der Waals surface area contributed by atoms with Gasteiger partial charge in [0, 0.05) is 31.0 Å². The Bertz CT molecular complexity index is 887. The number of carbonyl (C=O) groups is 1. The van der Waals surface area contributed by atoms with E-state index in [0.29, 0.717) is 0 Å². The minimum atomic E-state index is -0.0821. The highest BCUT2D eigenvalue weighted by Crippen LogP contribution is 2.25. The Labute approximate surface area is 146 Å². The molecule has 0 fully saturated rings. The average molecular weight is 335 g/mol. The standard InChI is InChI=1S/C19H21N5O/c1-13-10-21-24(12-13)19-7-8-20-11-18(19)22-14(2)16-5-4-6-17(9-16)23-15(3)25/h4-12,14,22H,1-3H3,(H,23,25)/t14-/m1/s1. The second-order valence-corrected chi connectivity index (χ2v) is 6.03. The fourth-order valence-electron chi connectivity index (χ4n) is 2.65. The summed E-state index contributed by atoms with van der Waals surface area (Å²) in [5.41, 5.74) is 4.78. The van der Waals surface area contributed by atoms with Crippen LogP contribution in [0.25, 0.3) is 5.69 Å². The van der Waals surface area contributed by atoms with Crippen LogP contribution in [0, 0.1) is 6.92 Å². The lowest BCUT2D eigenvalue weighted by Gasteiger charge is -2.19. The number of aromatic nitrogens is 3. The Morgan fingerprint density at radius 2 is 2.08 bits per heavy atom. The van der Waals surface area contributed by atoms with Crippen molar-refractivity contribution in [3.8, 4) is 5.69 Å². The lowest BCUT2D eigenvalue weighted by atomic mass is 10.1. The molecule has 2 heterocycles. The van der Waals surface area contributed by atoms with E-state index in [-0.39, 0.29) is 11.9 Å². The van der Waals surface area contributed by atoms with E-state index in [1.165, 1.54) is 6.92 Å². The number of pyridine rings is 1. The van der Waals surface area contributed by atoms with E-state index >= 15 is 0 Å². The van der Waals surface area contributed by atoms with E-state index in [9.17, 15) is 4.79 Å². The van der Waals surface area contributed by atoms with Crippen molar-refractivity contribution in [2.45, 2.75) is 26.8 Å². The van der Waals surface area contributed by atoms with E-state index in [2.05, 4.69) is 27.6 Å². The van der Waals surface area contributed by atoms with Crippen LogP contribution >= 0.6 is 0 Å². The monoisotopic (exact) mass is 335 g/mol. The largest absolute Gasteiger partial charge is 0.376 e. The molecule has 2 aromatic heterocycles. The number of amides is 1. The predicted octanol–water partition coefficient (Wildman–Crippen LogP) is 3.71. The fourth-order valence-corrected chi connectivity index (χ4v) is 2.65. The third-order valence-corrected chi connectivity index (χ3v) is 3.84. The van der Waals surface area contributed by atoms with Gasteiger partial charge in [0.2, 0.25) is 5.91 Å². The van der Waals surface area contributed by atoms with Crippen LogP contribution in [0.5, 0.6) is 0 Å². The van der Waals surface area contributed by atoms with Crippen LogP contribution in [0.4, 0.5) is 11.4 Å². The number of aryl methyl sites for hydroxylation is 1. The summed E-state index contributed by atoms with van der Waals surface area (Å²) in [7, 11) is 0. The van der Waals surface area contributed by atoms with Crippen molar-refractivity contribution in [1.82, 2.24) is 14.8 Å². The molecule has 2 N–H and O–H groups in total. The quantitative estimate of drug-likeness (QED) is 0.745. The Hall–Kier alpha value is -3.15. The second-order valence-electron chi connectivity index (χ2n) is 6.03. The normalized spacial score (nSPS) is 11.8. The highest BCUT2D eigenvalue weighted by molar-refractivity contribution is 5.88. The lowest BCUT2D eigenvalue weighted by molar-refractivity contribution is -0.114. The van der Waals surface area contributed by atoms with Crippen molar-refractivity contribution in [3.63, 3.8) is 0 Å². The third kappa shape index (κ3) is 4.03.